The van der Waals surface area contributed by atoms with Gasteiger partial charge in [-0.1, -0.05) is 24.3 Å². The third-order valence-electron chi connectivity index (χ3n) is 3.52. The fourth-order valence-electron chi connectivity index (χ4n) is 2.36. The van der Waals surface area contributed by atoms with Crippen molar-refractivity contribution in [2.75, 3.05) is 45.4 Å². The van der Waals surface area contributed by atoms with Crippen LogP contribution in [0.5, 0.6) is 0 Å². The summed E-state index contributed by atoms with van der Waals surface area (Å²) in [6, 6.07) is 11.9. The number of aliphatic hydroxyl groups excluding tert-OH is 1. The molecule has 0 radical (unpaired) electrons. The van der Waals surface area contributed by atoms with Crippen molar-refractivity contribution in [3.05, 3.63) is 52.2 Å². The second-order valence-electron chi connectivity index (χ2n) is 4.95. The number of anilines is 1. The molecule has 0 amide bonds. The molecule has 0 saturated carbocycles. The van der Waals surface area contributed by atoms with E-state index < -0.39 is 6.10 Å². The number of methoxy groups -OCH3 is 2. The van der Waals surface area contributed by atoms with Crippen LogP contribution in [0.2, 0.25) is 0 Å². The summed E-state index contributed by atoms with van der Waals surface area (Å²) in [5.41, 5.74) is 1.94. The van der Waals surface area contributed by atoms with Crippen LogP contribution in [0.1, 0.15) is 16.5 Å². The van der Waals surface area contributed by atoms with Crippen LogP contribution in [0.4, 0.5) is 5.69 Å². The van der Waals surface area contributed by atoms with Gasteiger partial charge in [0.05, 0.1) is 13.2 Å². The molecular formula is C17H23NO3S. The maximum absolute atomic E-state index is 10.7. The lowest BCUT2D eigenvalue weighted by molar-refractivity contribution is 0.189. The Bertz CT molecular complexity index is 537. The van der Waals surface area contributed by atoms with Crippen LogP contribution in [-0.4, -0.2) is 45.6 Å². The monoisotopic (exact) mass is 321 g/mol. The van der Waals surface area contributed by atoms with Gasteiger partial charge in [0.15, 0.2) is 0 Å². The maximum Gasteiger partial charge on any atom is 0.115 e. The van der Waals surface area contributed by atoms with Crippen LogP contribution in [0.25, 0.3) is 0 Å². The molecule has 120 valence electrons. The molecule has 22 heavy (non-hydrogen) atoms. The summed E-state index contributed by atoms with van der Waals surface area (Å²) in [6.45, 7) is 2.78. The molecule has 0 bridgehead atoms. The van der Waals surface area contributed by atoms with Gasteiger partial charge in [-0.15, -0.1) is 11.3 Å². The summed E-state index contributed by atoms with van der Waals surface area (Å²) < 4.78 is 10.4. The highest BCUT2D eigenvalue weighted by Crippen LogP contribution is 2.32. The van der Waals surface area contributed by atoms with Gasteiger partial charge in [0.2, 0.25) is 0 Å². The molecule has 1 aromatic heterocycles. The number of thiophene rings is 1. The fraction of sp³-hybridized carbons (Fsp3) is 0.412. The van der Waals surface area contributed by atoms with E-state index >= 15 is 0 Å². The third kappa shape index (κ3) is 4.30. The number of rotatable bonds is 9. The highest BCUT2D eigenvalue weighted by atomic mass is 32.1. The maximum atomic E-state index is 10.7. The van der Waals surface area contributed by atoms with Gasteiger partial charge >= 0.3 is 0 Å². The number of para-hydroxylation sites is 1. The first-order valence-electron chi connectivity index (χ1n) is 7.31. The Balaban J connectivity index is 2.27. The average molecular weight is 321 g/mol. The van der Waals surface area contributed by atoms with Crippen LogP contribution >= 0.6 is 11.3 Å². The topological polar surface area (TPSA) is 41.9 Å². The van der Waals surface area contributed by atoms with Crippen molar-refractivity contribution in [3.8, 4) is 0 Å². The van der Waals surface area contributed by atoms with Crippen molar-refractivity contribution >= 4 is 17.0 Å². The lowest BCUT2D eigenvalue weighted by Gasteiger charge is -2.28. The smallest absolute Gasteiger partial charge is 0.115 e. The van der Waals surface area contributed by atoms with Gasteiger partial charge in [-0.3, -0.25) is 0 Å². The summed E-state index contributed by atoms with van der Waals surface area (Å²) >= 11 is 1.56. The predicted octanol–water partition coefficient (Wildman–Crippen LogP) is 2.93. The minimum absolute atomic E-state index is 0.608. The van der Waals surface area contributed by atoms with Crippen molar-refractivity contribution < 1.29 is 14.6 Å². The van der Waals surface area contributed by atoms with Crippen molar-refractivity contribution in [2.45, 2.75) is 6.10 Å². The van der Waals surface area contributed by atoms with E-state index in [1.165, 1.54) is 0 Å². The number of benzene rings is 1. The van der Waals surface area contributed by atoms with Gasteiger partial charge in [-0.25, -0.2) is 0 Å². The second kappa shape index (κ2) is 8.90. The largest absolute Gasteiger partial charge is 0.383 e. The first-order chi connectivity index (χ1) is 10.8. The van der Waals surface area contributed by atoms with E-state index in [1.54, 1.807) is 25.6 Å². The summed E-state index contributed by atoms with van der Waals surface area (Å²) in [4.78, 5) is 3.14. The predicted molar refractivity (Wildman–Crippen MR) is 90.8 cm³/mol. The van der Waals surface area contributed by atoms with Crippen LogP contribution in [0, 0.1) is 0 Å². The lowest BCUT2D eigenvalue weighted by atomic mass is 10.0. The molecule has 0 fully saturated rings. The summed E-state index contributed by atoms with van der Waals surface area (Å²) in [5, 5.41) is 12.7. The normalized spacial score (nSPS) is 12.3. The van der Waals surface area contributed by atoms with Crippen LogP contribution in [-0.2, 0) is 9.47 Å². The first-order valence-corrected chi connectivity index (χ1v) is 8.19. The Hall–Kier alpha value is -1.40. The highest BCUT2D eigenvalue weighted by Gasteiger charge is 2.18. The molecule has 0 aliphatic heterocycles. The van der Waals surface area contributed by atoms with Crippen LogP contribution in [0.15, 0.2) is 41.8 Å². The molecule has 5 heteroatoms. The number of aliphatic hydroxyl groups is 1. The summed E-state index contributed by atoms with van der Waals surface area (Å²) in [6.07, 6.45) is -0.608. The molecule has 1 aromatic carbocycles. The summed E-state index contributed by atoms with van der Waals surface area (Å²) in [7, 11) is 3.39. The van der Waals surface area contributed by atoms with E-state index in [0.717, 1.165) is 29.2 Å². The number of ether oxygens (including phenoxy) is 2. The zero-order valence-electron chi connectivity index (χ0n) is 13.1. The van der Waals surface area contributed by atoms with Gasteiger partial charge < -0.3 is 19.5 Å². The van der Waals surface area contributed by atoms with E-state index in [2.05, 4.69) is 4.90 Å². The number of hydrogen-bond donors (Lipinski definition) is 1. The Morgan fingerprint density at radius 2 is 1.73 bits per heavy atom. The molecule has 1 N–H and O–H groups in total. The Kier molecular flexibility index (Phi) is 6.86. The molecule has 0 spiro atoms. The molecule has 0 saturated heterocycles. The SMILES string of the molecule is COCCN(CCOC)c1ccccc1C(O)c1cccs1. The average Bonchev–Trinajstić information content (AvgIpc) is 3.09. The van der Waals surface area contributed by atoms with E-state index in [4.69, 9.17) is 9.47 Å². The highest BCUT2D eigenvalue weighted by molar-refractivity contribution is 7.10. The summed E-state index contributed by atoms with van der Waals surface area (Å²) in [5.74, 6) is 0. The van der Waals surface area contributed by atoms with E-state index in [9.17, 15) is 5.11 Å². The molecule has 4 nitrogen and oxygen atoms in total. The van der Waals surface area contributed by atoms with Gasteiger partial charge in [0, 0.05) is 43.4 Å². The zero-order chi connectivity index (χ0) is 15.8. The van der Waals surface area contributed by atoms with E-state index in [1.807, 2.05) is 41.8 Å². The van der Waals surface area contributed by atoms with Crippen molar-refractivity contribution in [1.29, 1.82) is 0 Å². The molecule has 1 heterocycles. The van der Waals surface area contributed by atoms with Crippen molar-refractivity contribution in [1.82, 2.24) is 0 Å². The number of hydrogen-bond acceptors (Lipinski definition) is 5. The van der Waals surface area contributed by atoms with Gasteiger partial charge in [0.25, 0.3) is 0 Å². The van der Waals surface area contributed by atoms with Gasteiger partial charge in [-0.2, -0.15) is 0 Å². The second-order valence-corrected chi connectivity index (χ2v) is 5.93. The van der Waals surface area contributed by atoms with Crippen LogP contribution < -0.4 is 4.90 Å². The first kappa shape index (κ1) is 17.0. The minimum Gasteiger partial charge on any atom is -0.383 e. The van der Waals surface area contributed by atoms with E-state index in [-0.39, 0.29) is 0 Å². The number of nitrogens with zero attached hydrogens (tertiary/aromatic N) is 1. The Morgan fingerprint density at radius 3 is 2.32 bits per heavy atom. The van der Waals surface area contributed by atoms with Crippen LogP contribution in [0.3, 0.4) is 0 Å². The van der Waals surface area contributed by atoms with Gasteiger partial charge in [0.1, 0.15) is 6.10 Å². The minimum atomic E-state index is -0.608. The molecular weight excluding hydrogens is 298 g/mol. The molecule has 2 rings (SSSR count). The standard InChI is InChI=1S/C17H23NO3S/c1-20-11-9-18(10-12-21-2)15-7-4-3-6-14(15)17(19)16-8-5-13-22-16/h3-8,13,17,19H,9-12H2,1-2H3. The molecule has 1 unspecified atom stereocenters. The third-order valence-corrected chi connectivity index (χ3v) is 4.44. The quantitative estimate of drug-likeness (QED) is 0.771. The van der Waals surface area contributed by atoms with E-state index in [0.29, 0.717) is 13.2 Å². The molecule has 0 aliphatic carbocycles. The Labute approximate surface area is 135 Å². The molecule has 1 atom stereocenters. The van der Waals surface area contributed by atoms with Gasteiger partial charge in [-0.05, 0) is 17.5 Å². The van der Waals surface area contributed by atoms with Crippen molar-refractivity contribution in [3.63, 3.8) is 0 Å². The zero-order valence-corrected chi connectivity index (χ0v) is 13.9. The molecule has 0 aliphatic rings. The van der Waals surface area contributed by atoms with Crippen molar-refractivity contribution in [2.24, 2.45) is 0 Å². The lowest BCUT2D eigenvalue weighted by Crippen LogP contribution is -2.31. The molecule has 2 aromatic rings. The fourth-order valence-corrected chi connectivity index (χ4v) is 3.09. The Morgan fingerprint density at radius 1 is 1.05 bits per heavy atom.